The quantitative estimate of drug-likeness (QED) is 0.752. The summed E-state index contributed by atoms with van der Waals surface area (Å²) in [7, 11) is 4.24. The first-order chi connectivity index (χ1) is 9.14. The van der Waals surface area contributed by atoms with E-state index in [9.17, 15) is 5.11 Å². The minimum atomic E-state index is -0.0287. The predicted octanol–water partition coefficient (Wildman–Crippen LogP) is 0.906. The fourth-order valence-electron chi connectivity index (χ4n) is 3.92. The summed E-state index contributed by atoms with van der Waals surface area (Å²) < 4.78 is 0. The van der Waals surface area contributed by atoms with Crippen LogP contribution in [0.3, 0.4) is 0 Å². The standard InChI is InChI=1S/C15H31N3O/c1-4-18-9-5-6-14(18)11-17(3)13-7-8-15(10-13,12-19)16-2/h13-14,16,19H,4-12H2,1-3H3. The summed E-state index contributed by atoms with van der Waals surface area (Å²) in [6.07, 6.45) is 6.08. The fourth-order valence-corrected chi connectivity index (χ4v) is 3.92. The van der Waals surface area contributed by atoms with E-state index in [0.29, 0.717) is 6.04 Å². The number of hydrogen-bond acceptors (Lipinski definition) is 4. The highest BCUT2D eigenvalue weighted by atomic mass is 16.3. The van der Waals surface area contributed by atoms with Crippen LogP contribution in [0.2, 0.25) is 0 Å². The molecule has 0 amide bonds. The maximum Gasteiger partial charge on any atom is 0.0613 e. The van der Waals surface area contributed by atoms with Gasteiger partial charge in [0.2, 0.25) is 0 Å². The largest absolute Gasteiger partial charge is 0.394 e. The molecule has 19 heavy (non-hydrogen) atoms. The zero-order valence-corrected chi connectivity index (χ0v) is 12.9. The number of nitrogens with one attached hydrogen (secondary N) is 1. The Morgan fingerprint density at radius 2 is 2.21 bits per heavy atom. The predicted molar refractivity (Wildman–Crippen MR) is 79.4 cm³/mol. The van der Waals surface area contributed by atoms with Gasteiger partial charge in [-0.05, 0) is 59.3 Å². The van der Waals surface area contributed by atoms with Crippen LogP contribution in [0, 0.1) is 0 Å². The first-order valence-corrected chi connectivity index (χ1v) is 7.88. The van der Waals surface area contributed by atoms with Crippen molar-refractivity contribution >= 4 is 0 Å². The Morgan fingerprint density at radius 3 is 2.79 bits per heavy atom. The van der Waals surface area contributed by atoms with Crippen molar-refractivity contribution < 1.29 is 5.11 Å². The Balaban J connectivity index is 1.86. The molecule has 0 aromatic rings. The maximum absolute atomic E-state index is 9.59. The zero-order chi connectivity index (χ0) is 13.9. The van der Waals surface area contributed by atoms with Crippen LogP contribution >= 0.6 is 0 Å². The van der Waals surface area contributed by atoms with Gasteiger partial charge in [-0.2, -0.15) is 0 Å². The summed E-state index contributed by atoms with van der Waals surface area (Å²) in [6, 6.07) is 1.37. The second-order valence-corrected chi connectivity index (χ2v) is 6.45. The van der Waals surface area contributed by atoms with E-state index in [-0.39, 0.29) is 12.1 Å². The molecule has 2 aliphatic rings. The lowest BCUT2D eigenvalue weighted by Crippen LogP contribution is -2.47. The Labute approximate surface area is 118 Å². The van der Waals surface area contributed by atoms with E-state index in [1.807, 2.05) is 7.05 Å². The molecule has 2 N–H and O–H groups in total. The van der Waals surface area contributed by atoms with Crippen LogP contribution in [-0.4, -0.2) is 72.9 Å². The van der Waals surface area contributed by atoms with Gasteiger partial charge in [0.15, 0.2) is 0 Å². The maximum atomic E-state index is 9.59. The van der Waals surface area contributed by atoms with E-state index in [2.05, 4.69) is 29.1 Å². The van der Waals surface area contributed by atoms with Gasteiger partial charge in [-0.1, -0.05) is 6.92 Å². The number of hydrogen-bond donors (Lipinski definition) is 2. The second kappa shape index (κ2) is 6.53. The third-order valence-corrected chi connectivity index (χ3v) is 5.44. The minimum absolute atomic E-state index is 0.0287. The molecular formula is C15H31N3O. The lowest BCUT2D eigenvalue weighted by atomic mass is 9.99. The van der Waals surface area contributed by atoms with Gasteiger partial charge in [-0.3, -0.25) is 4.90 Å². The minimum Gasteiger partial charge on any atom is -0.394 e. The zero-order valence-electron chi connectivity index (χ0n) is 12.9. The van der Waals surface area contributed by atoms with Crippen molar-refractivity contribution in [1.82, 2.24) is 15.1 Å². The Hall–Kier alpha value is -0.160. The van der Waals surface area contributed by atoms with Gasteiger partial charge >= 0.3 is 0 Å². The molecule has 4 heteroatoms. The second-order valence-electron chi connectivity index (χ2n) is 6.45. The van der Waals surface area contributed by atoms with E-state index >= 15 is 0 Å². The molecular weight excluding hydrogens is 238 g/mol. The molecule has 1 saturated heterocycles. The van der Waals surface area contributed by atoms with Gasteiger partial charge in [0, 0.05) is 24.2 Å². The molecule has 0 bridgehead atoms. The molecule has 1 heterocycles. The van der Waals surface area contributed by atoms with Crippen molar-refractivity contribution in [2.24, 2.45) is 0 Å². The number of nitrogens with zero attached hydrogens (tertiary/aromatic N) is 2. The van der Waals surface area contributed by atoms with Crippen LogP contribution in [0.15, 0.2) is 0 Å². The lowest BCUT2D eigenvalue weighted by molar-refractivity contribution is 0.140. The van der Waals surface area contributed by atoms with Gasteiger partial charge in [0.25, 0.3) is 0 Å². The third kappa shape index (κ3) is 3.30. The number of likely N-dealkylation sites (N-methyl/N-ethyl adjacent to an activating group) is 3. The highest BCUT2D eigenvalue weighted by molar-refractivity contribution is 4.98. The molecule has 2 fully saturated rings. The molecule has 0 aromatic heterocycles. The smallest absolute Gasteiger partial charge is 0.0613 e. The number of rotatable bonds is 6. The van der Waals surface area contributed by atoms with E-state index in [4.69, 9.17) is 0 Å². The molecule has 3 atom stereocenters. The van der Waals surface area contributed by atoms with Crippen molar-refractivity contribution in [1.29, 1.82) is 0 Å². The Morgan fingerprint density at radius 1 is 1.42 bits per heavy atom. The van der Waals surface area contributed by atoms with Gasteiger partial charge < -0.3 is 15.3 Å². The van der Waals surface area contributed by atoms with Gasteiger partial charge in [0.1, 0.15) is 0 Å². The van der Waals surface area contributed by atoms with Crippen LogP contribution < -0.4 is 5.32 Å². The van der Waals surface area contributed by atoms with Gasteiger partial charge in [-0.25, -0.2) is 0 Å². The van der Waals surface area contributed by atoms with Crippen molar-refractivity contribution in [2.45, 2.75) is 56.7 Å². The topological polar surface area (TPSA) is 38.7 Å². The first-order valence-electron chi connectivity index (χ1n) is 7.88. The Kier molecular flexibility index (Phi) is 5.23. The molecule has 1 saturated carbocycles. The van der Waals surface area contributed by atoms with Gasteiger partial charge in [0.05, 0.1) is 6.61 Å². The number of likely N-dealkylation sites (tertiary alicyclic amines) is 1. The van der Waals surface area contributed by atoms with Crippen LogP contribution in [0.25, 0.3) is 0 Å². The highest BCUT2D eigenvalue weighted by Gasteiger charge is 2.39. The molecule has 0 aromatic carbocycles. The third-order valence-electron chi connectivity index (χ3n) is 5.44. The van der Waals surface area contributed by atoms with Crippen molar-refractivity contribution in [3.63, 3.8) is 0 Å². The van der Waals surface area contributed by atoms with Crippen LogP contribution in [0.4, 0.5) is 0 Å². The fraction of sp³-hybridized carbons (Fsp3) is 1.00. The average molecular weight is 269 g/mol. The molecule has 4 nitrogen and oxygen atoms in total. The summed E-state index contributed by atoms with van der Waals surface area (Å²) in [6.45, 7) is 6.17. The van der Waals surface area contributed by atoms with E-state index in [1.54, 1.807) is 0 Å². The summed E-state index contributed by atoms with van der Waals surface area (Å²) in [5.41, 5.74) is -0.0287. The van der Waals surface area contributed by atoms with Crippen LogP contribution in [0.1, 0.15) is 39.0 Å². The van der Waals surface area contributed by atoms with Crippen molar-refractivity contribution in [3.05, 3.63) is 0 Å². The number of aliphatic hydroxyl groups is 1. The van der Waals surface area contributed by atoms with Crippen LogP contribution in [0.5, 0.6) is 0 Å². The van der Waals surface area contributed by atoms with Crippen molar-refractivity contribution in [3.8, 4) is 0 Å². The molecule has 0 spiro atoms. The lowest BCUT2D eigenvalue weighted by Gasteiger charge is -2.33. The first kappa shape index (κ1) is 15.2. The summed E-state index contributed by atoms with van der Waals surface area (Å²) in [5, 5.41) is 12.9. The van der Waals surface area contributed by atoms with Crippen LogP contribution in [-0.2, 0) is 0 Å². The molecule has 2 rings (SSSR count). The average Bonchev–Trinajstić information content (AvgIpc) is 3.05. The summed E-state index contributed by atoms with van der Waals surface area (Å²) >= 11 is 0. The number of aliphatic hydroxyl groups excluding tert-OH is 1. The summed E-state index contributed by atoms with van der Waals surface area (Å²) in [4.78, 5) is 5.15. The molecule has 1 aliphatic heterocycles. The van der Waals surface area contributed by atoms with E-state index in [1.165, 1.54) is 38.9 Å². The monoisotopic (exact) mass is 269 g/mol. The highest BCUT2D eigenvalue weighted by Crippen LogP contribution is 2.32. The molecule has 1 aliphatic carbocycles. The molecule has 3 unspecified atom stereocenters. The van der Waals surface area contributed by atoms with Crippen molar-refractivity contribution in [2.75, 3.05) is 40.3 Å². The Bertz CT molecular complexity index is 281. The van der Waals surface area contributed by atoms with E-state index < -0.39 is 0 Å². The SMILES string of the molecule is CCN1CCCC1CN(C)C1CCC(CO)(NC)C1. The molecule has 0 radical (unpaired) electrons. The summed E-state index contributed by atoms with van der Waals surface area (Å²) in [5.74, 6) is 0. The molecule has 112 valence electrons. The van der Waals surface area contributed by atoms with Gasteiger partial charge in [-0.15, -0.1) is 0 Å². The normalized spacial score (nSPS) is 36.5. The van der Waals surface area contributed by atoms with E-state index in [0.717, 1.165) is 18.9 Å².